The van der Waals surface area contributed by atoms with Gasteiger partial charge in [-0.25, -0.2) is 0 Å². The third kappa shape index (κ3) is 8.97. The van der Waals surface area contributed by atoms with E-state index in [1.807, 2.05) is 24.3 Å². The molecule has 0 spiro atoms. The molecule has 1 heterocycles. The summed E-state index contributed by atoms with van der Waals surface area (Å²) in [6.45, 7) is 10.0. The number of guanidine groups is 1. The summed E-state index contributed by atoms with van der Waals surface area (Å²) in [4.78, 5) is 7.11. The fourth-order valence-corrected chi connectivity index (χ4v) is 2.81. The van der Waals surface area contributed by atoms with Crippen LogP contribution in [0.1, 0.15) is 19.8 Å². The van der Waals surface area contributed by atoms with Crippen molar-refractivity contribution in [3.05, 3.63) is 24.3 Å². The molecule has 0 unspecified atom stereocenters. The third-order valence-corrected chi connectivity index (χ3v) is 4.32. The van der Waals surface area contributed by atoms with E-state index in [1.54, 1.807) is 7.11 Å². The summed E-state index contributed by atoms with van der Waals surface area (Å²) in [7, 11) is 1.66. The van der Waals surface area contributed by atoms with Crippen LogP contribution in [0.5, 0.6) is 11.5 Å². The van der Waals surface area contributed by atoms with Crippen molar-refractivity contribution in [1.82, 2.24) is 15.5 Å². The fraction of sp³-hybridized carbons (Fsp3) is 0.650. The summed E-state index contributed by atoms with van der Waals surface area (Å²) >= 11 is 0. The van der Waals surface area contributed by atoms with Gasteiger partial charge >= 0.3 is 0 Å². The van der Waals surface area contributed by atoms with Gasteiger partial charge in [-0.05, 0) is 50.6 Å². The van der Waals surface area contributed by atoms with Crippen LogP contribution in [0.4, 0.5) is 0 Å². The van der Waals surface area contributed by atoms with E-state index >= 15 is 0 Å². The highest BCUT2D eigenvalue weighted by Crippen LogP contribution is 2.16. The minimum atomic E-state index is 0.577. The van der Waals surface area contributed by atoms with Crippen LogP contribution in [0.25, 0.3) is 0 Å². The van der Waals surface area contributed by atoms with E-state index in [1.165, 1.54) is 6.42 Å². The quantitative estimate of drug-likeness (QED) is 0.347. The number of ether oxygens (including phenoxy) is 3. The summed E-state index contributed by atoms with van der Waals surface area (Å²) in [5.74, 6) is 2.51. The van der Waals surface area contributed by atoms with E-state index in [0.29, 0.717) is 13.2 Å². The van der Waals surface area contributed by atoms with E-state index in [0.717, 1.165) is 69.8 Å². The molecule has 0 aliphatic carbocycles. The number of benzene rings is 1. The summed E-state index contributed by atoms with van der Waals surface area (Å²) in [6, 6.07) is 7.61. The zero-order valence-electron chi connectivity index (χ0n) is 16.7. The Kier molecular flexibility index (Phi) is 10.4. The molecule has 27 heavy (non-hydrogen) atoms. The summed E-state index contributed by atoms with van der Waals surface area (Å²) in [5.41, 5.74) is 0. The first-order chi connectivity index (χ1) is 13.3. The Morgan fingerprint density at radius 2 is 1.85 bits per heavy atom. The molecule has 0 amide bonds. The average Bonchev–Trinajstić information content (AvgIpc) is 2.72. The van der Waals surface area contributed by atoms with Crippen LogP contribution in [0, 0.1) is 0 Å². The van der Waals surface area contributed by atoms with Crippen molar-refractivity contribution >= 4 is 5.96 Å². The number of hydrogen-bond donors (Lipinski definition) is 2. The predicted molar refractivity (Wildman–Crippen MR) is 109 cm³/mol. The molecule has 0 atom stereocenters. The molecule has 1 aliphatic heterocycles. The number of morpholine rings is 1. The standard InChI is InChI=1S/C20H34N4O3/c1-3-21-20(22-10-4-5-12-24-13-16-26-17-14-24)23-11-15-27-19-8-6-18(25-2)7-9-19/h6-9H,3-5,10-17H2,1-2H3,(H2,21,22,23). The Bertz CT molecular complexity index is 531. The Hall–Kier alpha value is -1.99. The lowest BCUT2D eigenvalue weighted by Gasteiger charge is -2.26. The van der Waals surface area contributed by atoms with E-state index in [-0.39, 0.29) is 0 Å². The van der Waals surface area contributed by atoms with Crippen molar-refractivity contribution in [3.8, 4) is 11.5 Å². The number of nitrogens with zero attached hydrogens (tertiary/aromatic N) is 2. The first-order valence-electron chi connectivity index (χ1n) is 9.91. The second-order valence-corrected chi connectivity index (χ2v) is 6.37. The maximum Gasteiger partial charge on any atom is 0.191 e. The van der Waals surface area contributed by atoms with Gasteiger partial charge in [0.05, 0.1) is 26.9 Å². The van der Waals surface area contributed by atoms with E-state index in [4.69, 9.17) is 14.2 Å². The van der Waals surface area contributed by atoms with Crippen LogP contribution in [0.15, 0.2) is 29.3 Å². The van der Waals surface area contributed by atoms with Gasteiger partial charge in [-0.15, -0.1) is 0 Å². The molecule has 0 aromatic heterocycles. The zero-order valence-corrected chi connectivity index (χ0v) is 16.7. The van der Waals surface area contributed by atoms with E-state index < -0.39 is 0 Å². The third-order valence-electron chi connectivity index (χ3n) is 4.32. The summed E-state index contributed by atoms with van der Waals surface area (Å²) < 4.78 is 16.2. The molecule has 2 rings (SSSR count). The second-order valence-electron chi connectivity index (χ2n) is 6.37. The lowest BCUT2D eigenvalue weighted by Crippen LogP contribution is -2.39. The maximum atomic E-state index is 5.73. The molecule has 152 valence electrons. The van der Waals surface area contributed by atoms with Crippen molar-refractivity contribution < 1.29 is 14.2 Å². The van der Waals surface area contributed by atoms with Gasteiger partial charge in [-0.1, -0.05) is 0 Å². The lowest BCUT2D eigenvalue weighted by molar-refractivity contribution is 0.0373. The van der Waals surface area contributed by atoms with Crippen molar-refractivity contribution in [2.75, 3.05) is 66.2 Å². The molecule has 2 N–H and O–H groups in total. The minimum Gasteiger partial charge on any atom is -0.497 e. The molecule has 0 saturated carbocycles. The number of aliphatic imine (C=N–C) groups is 1. The van der Waals surface area contributed by atoms with Crippen LogP contribution < -0.4 is 20.1 Å². The minimum absolute atomic E-state index is 0.577. The Balaban J connectivity index is 1.59. The summed E-state index contributed by atoms with van der Waals surface area (Å²) in [5, 5.41) is 6.59. The molecular weight excluding hydrogens is 344 g/mol. The normalized spacial score (nSPS) is 15.4. The second kappa shape index (κ2) is 13.2. The molecule has 0 bridgehead atoms. The highest BCUT2D eigenvalue weighted by atomic mass is 16.5. The van der Waals surface area contributed by atoms with Crippen molar-refractivity contribution in [2.24, 2.45) is 4.99 Å². The fourth-order valence-electron chi connectivity index (χ4n) is 2.81. The highest BCUT2D eigenvalue weighted by Gasteiger charge is 2.08. The molecule has 1 aromatic rings. The Labute approximate surface area is 163 Å². The van der Waals surface area contributed by atoms with Crippen LogP contribution in [-0.2, 0) is 4.74 Å². The van der Waals surface area contributed by atoms with Gasteiger partial charge in [0.2, 0.25) is 0 Å². The van der Waals surface area contributed by atoms with E-state index in [2.05, 4.69) is 27.4 Å². The van der Waals surface area contributed by atoms with Gasteiger partial charge in [0.1, 0.15) is 18.1 Å². The number of rotatable bonds is 11. The SMILES string of the molecule is CCNC(=NCCCCN1CCOCC1)NCCOc1ccc(OC)cc1. The van der Waals surface area contributed by atoms with Crippen LogP contribution in [0.2, 0.25) is 0 Å². The first-order valence-corrected chi connectivity index (χ1v) is 9.91. The number of unbranched alkanes of at least 4 members (excludes halogenated alkanes) is 1. The van der Waals surface area contributed by atoms with Crippen LogP contribution in [0.3, 0.4) is 0 Å². The molecule has 1 aliphatic rings. The topological polar surface area (TPSA) is 67.4 Å². The number of nitrogens with one attached hydrogen (secondary N) is 2. The Morgan fingerprint density at radius 1 is 1.11 bits per heavy atom. The monoisotopic (exact) mass is 378 g/mol. The Morgan fingerprint density at radius 3 is 2.56 bits per heavy atom. The first kappa shape index (κ1) is 21.3. The molecular formula is C20H34N4O3. The predicted octanol–water partition coefficient (Wildman–Crippen LogP) is 1.74. The lowest BCUT2D eigenvalue weighted by atomic mass is 10.3. The van der Waals surface area contributed by atoms with Crippen LogP contribution >= 0.6 is 0 Å². The molecule has 1 saturated heterocycles. The summed E-state index contributed by atoms with van der Waals surface area (Å²) in [6.07, 6.45) is 2.26. The van der Waals surface area contributed by atoms with Gasteiger partial charge in [-0.3, -0.25) is 9.89 Å². The van der Waals surface area contributed by atoms with Gasteiger partial charge in [0.15, 0.2) is 5.96 Å². The molecule has 7 heteroatoms. The smallest absolute Gasteiger partial charge is 0.191 e. The largest absolute Gasteiger partial charge is 0.497 e. The van der Waals surface area contributed by atoms with Crippen molar-refractivity contribution in [2.45, 2.75) is 19.8 Å². The van der Waals surface area contributed by atoms with Crippen molar-refractivity contribution in [1.29, 1.82) is 0 Å². The molecule has 0 radical (unpaired) electrons. The molecule has 7 nitrogen and oxygen atoms in total. The zero-order chi connectivity index (χ0) is 19.2. The van der Waals surface area contributed by atoms with Gasteiger partial charge in [0, 0.05) is 26.2 Å². The van der Waals surface area contributed by atoms with E-state index in [9.17, 15) is 0 Å². The number of methoxy groups -OCH3 is 1. The van der Waals surface area contributed by atoms with Gasteiger partial charge in [-0.2, -0.15) is 0 Å². The van der Waals surface area contributed by atoms with Gasteiger partial charge < -0.3 is 24.8 Å². The van der Waals surface area contributed by atoms with Crippen molar-refractivity contribution in [3.63, 3.8) is 0 Å². The average molecular weight is 379 g/mol. The maximum absolute atomic E-state index is 5.73. The molecule has 1 fully saturated rings. The highest BCUT2D eigenvalue weighted by molar-refractivity contribution is 5.79. The van der Waals surface area contributed by atoms with Gasteiger partial charge in [0.25, 0.3) is 0 Å². The number of hydrogen-bond acceptors (Lipinski definition) is 5. The van der Waals surface area contributed by atoms with Crippen LogP contribution in [-0.4, -0.2) is 77.1 Å². The molecule has 1 aromatic carbocycles.